The Morgan fingerprint density at radius 3 is 2.55 bits per heavy atom. The smallest absolute Gasteiger partial charge is 0.251 e. The Morgan fingerprint density at radius 2 is 1.81 bits per heavy atom. The number of unbranched alkanes of at least 4 members (excludes halogenated alkanes) is 1. The molecule has 3 rings (SSSR count). The van der Waals surface area contributed by atoms with Gasteiger partial charge in [-0.1, -0.05) is 19.4 Å². The summed E-state index contributed by atoms with van der Waals surface area (Å²) in [6.45, 7) is 5.77. The van der Waals surface area contributed by atoms with E-state index in [4.69, 9.17) is 14.2 Å². The number of carbonyl (C=O) groups excluding carboxylic acids is 2. The molecule has 0 aliphatic carbocycles. The Balaban J connectivity index is 1.47. The summed E-state index contributed by atoms with van der Waals surface area (Å²) in [6.07, 6.45) is 2.89. The lowest BCUT2D eigenvalue weighted by Crippen LogP contribution is -2.38. The Bertz CT molecular complexity index is 882. The van der Waals surface area contributed by atoms with Crippen molar-refractivity contribution in [2.45, 2.75) is 39.2 Å². The van der Waals surface area contributed by atoms with Crippen LogP contribution in [0.15, 0.2) is 42.5 Å². The summed E-state index contributed by atoms with van der Waals surface area (Å²) in [5, 5.41) is 5.54. The molecule has 166 valence electrons. The fraction of sp³-hybridized carbons (Fsp3) is 0.417. The summed E-state index contributed by atoms with van der Waals surface area (Å²) in [5.41, 5.74) is 1.38. The maximum Gasteiger partial charge on any atom is 0.251 e. The zero-order chi connectivity index (χ0) is 22.1. The number of ether oxygens (including phenoxy) is 3. The summed E-state index contributed by atoms with van der Waals surface area (Å²) >= 11 is 0. The molecule has 0 aromatic heterocycles. The molecule has 0 spiro atoms. The van der Waals surface area contributed by atoms with Crippen LogP contribution in [0.5, 0.6) is 17.2 Å². The van der Waals surface area contributed by atoms with E-state index in [0.717, 1.165) is 30.6 Å². The van der Waals surface area contributed by atoms with Gasteiger partial charge >= 0.3 is 0 Å². The van der Waals surface area contributed by atoms with Crippen LogP contribution in [0.4, 0.5) is 0 Å². The van der Waals surface area contributed by atoms with Gasteiger partial charge in [-0.2, -0.15) is 0 Å². The van der Waals surface area contributed by atoms with Crippen molar-refractivity contribution in [1.29, 1.82) is 0 Å². The van der Waals surface area contributed by atoms with Crippen molar-refractivity contribution in [1.82, 2.24) is 10.6 Å². The van der Waals surface area contributed by atoms with Crippen LogP contribution in [0.3, 0.4) is 0 Å². The first-order chi connectivity index (χ1) is 15.1. The normalized spacial score (nSPS) is 13.6. The van der Waals surface area contributed by atoms with Gasteiger partial charge in [-0.25, -0.2) is 0 Å². The third kappa shape index (κ3) is 6.64. The summed E-state index contributed by atoms with van der Waals surface area (Å²) < 4.78 is 16.9. The van der Waals surface area contributed by atoms with Gasteiger partial charge in [-0.05, 0) is 55.3 Å². The van der Waals surface area contributed by atoms with E-state index < -0.39 is 0 Å². The highest BCUT2D eigenvalue weighted by Gasteiger charge is 2.16. The minimum absolute atomic E-state index is 0.109. The van der Waals surface area contributed by atoms with Gasteiger partial charge < -0.3 is 24.8 Å². The highest BCUT2D eigenvalue weighted by molar-refractivity contribution is 5.96. The van der Waals surface area contributed by atoms with Crippen molar-refractivity contribution in [3.05, 3.63) is 53.6 Å². The van der Waals surface area contributed by atoms with Crippen molar-refractivity contribution < 1.29 is 23.8 Å². The fourth-order valence-corrected chi connectivity index (χ4v) is 3.12. The topological polar surface area (TPSA) is 85.9 Å². The number of amides is 2. The van der Waals surface area contributed by atoms with Crippen molar-refractivity contribution in [3.8, 4) is 17.2 Å². The van der Waals surface area contributed by atoms with Gasteiger partial charge in [0.2, 0.25) is 5.91 Å². The third-order valence-corrected chi connectivity index (χ3v) is 4.94. The molecule has 31 heavy (non-hydrogen) atoms. The molecule has 7 nitrogen and oxygen atoms in total. The molecule has 2 aromatic rings. The first kappa shape index (κ1) is 22.5. The highest BCUT2D eigenvalue weighted by Crippen LogP contribution is 2.32. The van der Waals surface area contributed by atoms with E-state index in [9.17, 15) is 9.59 Å². The average Bonchev–Trinajstić information content (AvgIpc) is 3.03. The maximum absolute atomic E-state index is 12.3. The molecule has 0 bridgehead atoms. The third-order valence-electron chi connectivity index (χ3n) is 4.94. The van der Waals surface area contributed by atoms with Crippen LogP contribution in [0.1, 0.15) is 55.1 Å². The SMILES string of the molecule is CCCCOc1ccc(C(=O)NCC(=O)NC(C)c2ccc3c(c2)OCCCO3)cc1. The molecule has 0 radical (unpaired) electrons. The van der Waals surface area contributed by atoms with Crippen LogP contribution in [0.2, 0.25) is 0 Å². The number of hydrogen-bond acceptors (Lipinski definition) is 5. The fourth-order valence-electron chi connectivity index (χ4n) is 3.12. The predicted molar refractivity (Wildman–Crippen MR) is 118 cm³/mol. The molecule has 1 heterocycles. The lowest BCUT2D eigenvalue weighted by molar-refractivity contribution is -0.120. The molecular weight excluding hydrogens is 396 g/mol. The van der Waals surface area contributed by atoms with Gasteiger partial charge in [0.1, 0.15) is 5.75 Å². The molecule has 0 saturated carbocycles. The van der Waals surface area contributed by atoms with Crippen LogP contribution in [0, 0.1) is 0 Å². The van der Waals surface area contributed by atoms with Gasteiger partial charge in [0.25, 0.3) is 5.91 Å². The summed E-state index contributed by atoms with van der Waals surface area (Å²) in [5.74, 6) is 1.55. The number of fused-ring (bicyclic) bond motifs is 1. The molecule has 1 unspecified atom stereocenters. The Hall–Kier alpha value is -3.22. The average molecular weight is 427 g/mol. The van der Waals surface area contributed by atoms with Crippen molar-refractivity contribution in [3.63, 3.8) is 0 Å². The molecule has 1 aliphatic heterocycles. The zero-order valence-electron chi connectivity index (χ0n) is 18.1. The lowest BCUT2D eigenvalue weighted by atomic mass is 10.1. The van der Waals surface area contributed by atoms with Crippen LogP contribution in [0.25, 0.3) is 0 Å². The monoisotopic (exact) mass is 426 g/mol. The molecule has 2 amide bonds. The number of hydrogen-bond donors (Lipinski definition) is 2. The molecule has 2 aromatic carbocycles. The van der Waals surface area contributed by atoms with E-state index in [1.807, 2.05) is 25.1 Å². The van der Waals surface area contributed by atoms with Crippen molar-refractivity contribution >= 4 is 11.8 Å². The van der Waals surface area contributed by atoms with Gasteiger partial charge in [0.05, 0.1) is 32.4 Å². The molecule has 1 atom stereocenters. The van der Waals surface area contributed by atoms with Crippen LogP contribution >= 0.6 is 0 Å². The molecular formula is C24H30N2O5. The first-order valence-electron chi connectivity index (χ1n) is 10.8. The largest absolute Gasteiger partial charge is 0.494 e. The van der Waals surface area contributed by atoms with Gasteiger partial charge in [-0.15, -0.1) is 0 Å². The Labute approximate surface area is 183 Å². The number of carbonyl (C=O) groups is 2. The zero-order valence-corrected chi connectivity index (χ0v) is 18.1. The van der Waals surface area contributed by atoms with Crippen LogP contribution in [-0.4, -0.2) is 38.2 Å². The summed E-state index contributed by atoms with van der Waals surface area (Å²) in [4.78, 5) is 24.6. The van der Waals surface area contributed by atoms with Crippen LogP contribution < -0.4 is 24.8 Å². The first-order valence-corrected chi connectivity index (χ1v) is 10.8. The van der Waals surface area contributed by atoms with E-state index >= 15 is 0 Å². The van der Waals surface area contributed by atoms with E-state index in [-0.39, 0.29) is 24.4 Å². The standard InChI is InChI=1S/C24H30N2O5/c1-3-4-12-29-20-9-6-18(7-10-20)24(28)25-16-23(27)26-17(2)19-8-11-21-22(15-19)31-14-5-13-30-21/h6-11,15,17H,3-5,12-14,16H2,1-2H3,(H,25,28)(H,26,27). The van der Waals surface area contributed by atoms with Gasteiger partial charge in [-0.3, -0.25) is 9.59 Å². The van der Waals surface area contributed by atoms with Crippen molar-refractivity contribution in [2.75, 3.05) is 26.4 Å². The minimum Gasteiger partial charge on any atom is -0.494 e. The van der Waals surface area contributed by atoms with E-state index in [2.05, 4.69) is 17.6 Å². The summed E-state index contributed by atoms with van der Waals surface area (Å²) in [7, 11) is 0. The second-order valence-corrected chi connectivity index (χ2v) is 7.45. The lowest BCUT2D eigenvalue weighted by Gasteiger charge is -2.17. The van der Waals surface area contributed by atoms with E-state index in [1.165, 1.54) is 0 Å². The second kappa shape index (κ2) is 11.2. The van der Waals surface area contributed by atoms with Crippen molar-refractivity contribution in [2.24, 2.45) is 0 Å². The maximum atomic E-state index is 12.3. The van der Waals surface area contributed by atoms with Gasteiger partial charge in [0, 0.05) is 12.0 Å². The molecule has 0 fully saturated rings. The molecule has 1 aliphatic rings. The molecule has 2 N–H and O–H groups in total. The number of nitrogens with one attached hydrogen (secondary N) is 2. The second-order valence-electron chi connectivity index (χ2n) is 7.45. The number of rotatable bonds is 9. The predicted octanol–water partition coefficient (Wildman–Crippen LogP) is 3.63. The minimum atomic E-state index is -0.307. The highest BCUT2D eigenvalue weighted by atomic mass is 16.5. The Kier molecular flexibility index (Phi) is 8.15. The van der Waals surface area contributed by atoms with E-state index in [1.54, 1.807) is 24.3 Å². The Morgan fingerprint density at radius 1 is 1.06 bits per heavy atom. The van der Waals surface area contributed by atoms with E-state index in [0.29, 0.717) is 36.9 Å². The van der Waals surface area contributed by atoms with Gasteiger partial charge in [0.15, 0.2) is 11.5 Å². The molecule has 7 heteroatoms. The summed E-state index contributed by atoms with van der Waals surface area (Å²) in [6, 6.07) is 12.3. The number of benzene rings is 2. The molecule has 0 saturated heterocycles. The quantitative estimate of drug-likeness (QED) is 0.598. The van der Waals surface area contributed by atoms with Crippen LogP contribution in [-0.2, 0) is 4.79 Å².